The number of carboxylic acids is 2. The molecule has 0 aromatic rings. The molecule has 0 saturated carbocycles. The maximum atomic E-state index is 10.6. The fraction of sp³-hybridized carbons (Fsp3) is 0.917. The van der Waals surface area contributed by atoms with Crippen LogP contribution in [0.2, 0.25) is 0 Å². The monoisotopic (exact) mass is 616 g/mol. The van der Waals surface area contributed by atoms with Gasteiger partial charge in [0.2, 0.25) is 0 Å². The zero-order valence-corrected chi connectivity index (χ0v) is 23.3. The van der Waals surface area contributed by atoms with Crippen molar-refractivity contribution in [3.8, 4) is 0 Å². The smallest absolute Gasteiger partial charge is 0.320 e. The zero-order chi connectivity index (χ0) is 32.4. The van der Waals surface area contributed by atoms with Crippen LogP contribution in [0, 0.1) is 0 Å². The van der Waals surface area contributed by atoms with Gasteiger partial charge < -0.3 is 83.5 Å². The van der Waals surface area contributed by atoms with Gasteiger partial charge in [0, 0.05) is 12.1 Å². The lowest BCUT2D eigenvalue weighted by molar-refractivity contribution is -0.140. The number of hydrogen-bond acceptors (Lipinski definition) is 16. The fourth-order valence-corrected chi connectivity index (χ4v) is 5.08. The number of carbonyl (C=O) groups is 2. The van der Waals surface area contributed by atoms with Gasteiger partial charge in [0.25, 0.3) is 0 Å². The molecule has 0 aliphatic carbocycles. The van der Waals surface area contributed by atoms with Gasteiger partial charge in [0.05, 0.1) is 26.4 Å². The average molecular weight is 617 g/mol. The molecule has 4 unspecified atom stereocenters. The topological polar surface area (TPSA) is 359 Å². The molecule has 248 valence electrons. The largest absolute Gasteiger partial charge is 0.480 e. The van der Waals surface area contributed by atoms with Crippen molar-refractivity contribution in [2.45, 2.75) is 111 Å². The van der Waals surface area contributed by atoms with E-state index in [1.54, 1.807) is 0 Å². The maximum absolute atomic E-state index is 10.6. The minimum Gasteiger partial charge on any atom is -0.480 e. The molecular formula is C24H48N4O14. The Bertz CT molecular complexity index is 779. The number of aliphatic hydroxyl groups is 8. The normalized spacial score (nSPS) is 35.6. The molecule has 0 spiro atoms. The quantitative estimate of drug-likeness (QED) is 0.0765. The molecule has 0 aromatic heterocycles. The van der Waals surface area contributed by atoms with Crippen LogP contribution in [0.1, 0.15) is 38.5 Å². The first kappa shape index (κ1) is 38.4. The third kappa shape index (κ3) is 8.73. The summed E-state index contributed by atoms with van der Waals surface area (Å²) < 4.78 is 10.7. The molecule has 2 heterocycles. The fourth-order valence-electron chi connectivity index (χ4n) is 5.08. The molecule has 18 heteroatoms. The lowest BCUT2D eigenvalue weighted by Crippen LogP contribution is -2.58. The summed E-state index contributed by atoms with van der Waals surface area (Å²) in [4.78, 5) is 21.2. The molecule has 18 nitrogen and oxygen atoms in total. The summed E-state index contributed by atoms with van der Waals surface area (Å²) in [5.41, 5.74) is 19.4. The van der Waals surface area contributed by atoms with Gasteiger partial charge in [0.15, 0.2) is 0 Å². The highest BCUT2D eigenvalue weighted by molar-refractivity contribution is 5.73. The van der Waals surface area contributed by atoms with Crippen molar-refractivity contribution in [1.82, 2.24) is 0 Å². The van der Waals surface area contributed by atoms with Crippen molar-refractivity contribution >= 4 is 11.9 Å². The van der Waals surface area contributed by atoms with E-state index in [-0.39, 0.29) is 25.7 Å². The number of aliphatic carboxylic acids is 2. The van der Waals surface area contributed by atoms with Gasteiger partial charge in [-0.1, -0.05) is 0 Å². The SMILES string of the molecule is NC(CCC[C@H](N)C(=O)O)C1(CO)O[C@H](CO)[C@@H](O)[C@@H]1O.NC(CCC[C@H](N)C(=O)O)C1(CO)O[C@H](CO)[C@@H](O)[C@@H]1O. The molecule has 0 radical (unpaired) electrons. The molecule has 0 bridgehead atoms. The second-order valence-corrected chi connectivity index (χ2v) is 10.7. The molecular weight excluding hydrogens is 568 g/mol. The van der Waals surface area contributed by atoms with Crippen LogP contribution in [-0.4, -0.2) is 161 Å². The van der Waals surface area contributed by atoms with E-state index in [1.807, 2.05) is 0 Å². The summed E-state index contributed by atoms with van der Waals surface area (Å²) >= 11 is 0. The van der Waals surface area contributed by atoms with Crippen LogP contribution in [-0.2, 0) is 19.1 Å². The molecule has 0 amide bonds. The van der Waals surface area contributed by atoms with Crippen LogP contribution in [0.25, 0.3) is 0 Å². The Balaban J connectivity index is 0.000000420. The molecule has 42 heavy (non-hydrogen) atoms. The summed E-state index contributed by atoms with van der Waals surface area (Å²) in [6, 6.07) is -3.70. The van der Waals surface area contributed by atoms with Crippen molar-refractivity contribution in [1.29, 1.82) is 0 Å². The van der Waals surface area contributed by atoms with Gasteiger partial charge in [-0.25, -0.2) is 0 Å². The molecule has 0 aromatic carbocycles. The number of nitrogens with two attached hydrogens (primary N) is 4. The van der Waals surface area contributed by atoms with Gasteiger partial charge in [-0.3, -0.25) is 9.59 Å². The predicted molar refractivity (Wildman–Crippen MR) is 142 cm³/mol. The molecule has 2 saturated heterocycles. The highest BCUT2D eigenvalue weighted by Gasteiger charge is 2.57. The molecule has 2 fully saturated rings. The van der Waals surface area contributed by atoms with Crippen molar-refractivity contribution in [3.63, 3.8) is 0 Å². The van der Waals surface area contributed by atoms with Crippen molar-refractivity contribution in [2.75, 3.05) is 26.4 Å². The molecule has 18 N–H and O–H groups in total. The standard InChI is InChI=1S/2C12H24N2O7/c2*13-6(11(19)20)2-1-3-8(14)12(5-16)10(18)9(17)7(4-15)21-12/h2*6-10,15-18H,1-5,13-14H2,(H,19,20)/t2*6-,7+,8?,9+,10-,12?/m00/s1. The van der Waals surface area contributed by atoms with Crippen molar-refractivity contribution in [3.05, 3.63) is 0 Å². The molecule has 2 aliphatic heterocycles. The minimum absolute atomic E-state index is 0.187. The summed E-state index contributed by atoms with van der Waals surface area (Å²) in [6.45, 7) is -2.30. The number of aliphatic hydroxyl groups excluding tert-OH is 8. The number of carboxylic acid groups (broad SMARTS) is 2. The summed E-state index contributed by atoms with van der Waals surface area (Å²) in [6.07, 6.45) is -6.08. The van der Waals surface area contributed by atoms with Gasteiger partial charge in [-0.15, -0.1) is 0 Å². The molecule has 2 rings (SSSR count). The summed E-state index contributed by atoms with van der Waals surface area (Å²) in [7, 11) is 0. The van der Waals surface area contributed by atoms with Gasteiger partial charge in [-0.2, -0.15) is 0 Å². The summed E-state index contributed by atoms with van der Waals surface area (Å²) in [5.74, 6) is -2.23. The third-order valence-corrected chi connectivity index (χ3v) is 7.96. The highest BCUT2D eigenvalue weighted by Crippen LogP contribution is 2.36. The first-order chi connectivity index (χ1) is 19.6. The van der Waals surface area contributed by atoms with E-state index in [1.165, 1.54) is 0 Å². The van der Waals surface area contributed by atoms with E-state index in [0.717, 1.165) is 0 Å². The lowest BCUT2D eigenvalue weighted by Gasteiger charge is -2.36. The Morgan fingerprint density at radius 1 is 0.619 bits per heavy atom. The lowest BCUT2D eigenvalue weighted by atomic mass is 9.85. The number of hydrogen-bond donors (Lipinski definition) is 14. The van der Waals surface area contributed by atoms with E-state index in [0.29, 0.717) is 12.8 Å². The minimum atomic E-state index is -1.58. The number of ether oxygens (including phenoxy) is 2. The third-order valence-electron chi connectivity index (χ3n) is 7.96. The van der Waals surface area contributed by atoms with E-state index < -0.39 is 110 Å². The Morgan fingerprint density at radius 3 is 1.14 bits per heavy atom. The van der Waals surface area contributed by atoms with Crippen molar-refractivity contribution in [2.24, 2.45) is 22.9 Å². The Kier molecular flexibility index (Phi) is 15.6. The predicted octanol–water partition coefficient (Wildman–Crippen LogP) is -6.52. The molecule has 12 atom stereocenters. The first-order valence-corrected chi connectivity index (χ1v) is 13.6. The van der Waals surface area contributed by atoms with Crippen LogP contribution in [0.4, 0.5) is 0 Å². The second kappa shape index (κ2) is 17.0. The van der Waals surface area contributed by atoms with Gasteiger partial charge in [0.1, 0.15) is 59.9 Å². The van der Waals surface area contributed by atoms with Gasteiger partial charge >= 0.3 is 11.9 Å². The Hall–Kier alpha value is -1.62. The van der Waals surface area contributed by atoms with E-state index in [9.17, 15) is 40.2 Å². The van der Waals surface area contributed by atoms with Crippen LogP contribution in [0.3, 0.4) is 0 Å². The Morgan fingerprint density at radius 2 is 0.929 bits per heavy atom. The number of rotatable bonds is 16. The average Bonchev–Trinajstić information content (AvgIpc) is 3.37. The Labute approximate surface area is 242 Å². The molecule has 2 aliphatic rings. The van der Waals surface area contributed by atoms with Crippen LogP contribution < -0.4 is 22.9 Å². The highest BCUT2D eigenvalue weighted by atomic mass is 16.6. The van der Waals surface area contributed by atoms with Crippen LogP contribution >= 0.6 is 0 Å². The van der Waals surface area contributed by atoms with E-state index in [2.05, 4.69) is 0 Å². The van der Waals surface area contributed by atoms with Crippen LogP contribution in [0.15, 0.2) is 0 Å². The summed E-state index contributed by atoms with van der Waals surface area (Å²) in [5, 5.41) is 94.1. The maximum Gasteiger partial charge on any atom is 0.320 e. The van der Waals surface area contributed by atoms with Gasteiger partial charge in [-0.05, 0) is 38.5 Å². The zero-order valence-electron chi connectivity index (χ0n) is 23.3. The first-order valence-electron chi connectivity index (χ1n) is 13.6. The van der Waals surface area contributed by atoms with E-state index >= 15 is 0 Å². The van der Waals surface area contributed by atoms with Crippen molar-refractivity contribution < 1.29 is 70.1 Å². The second-order valence-electron chi connectivity index (χ2n) is 10.7. The van der Waals surface area contributed by atoms with Crippen LogP contribution in [0.5, 0.6) is 0 Å². The van der Waals surface area contributed by atoms with E-state index in [4.69, 9.17) is 52.8 Å².